The number of hydrogen-bond donors (Lipinski definition) is 1. The Bertz CT molecular complexity index is 633. The number of anilines is 1. The van der Waals surface area contributed by atoms with Crippen molar-refractivity contribution in [3.63, 3.8) is 0 Å². The van der Waals surface area contributed by atoms with E-state index in [1.807, 2.05) is 0 Å². The first kappa shape index (κ1) is 14.7. The quantitative estimate of drug-likeness (QED) is 0.861. The van der Waals surface area contributed by atoms with E-state index in [0.717, 1.165) is 0 Å². The van der Waals surface area contributed by atoms with Crippen LogP contribution >= 0.6 is 0 Å². The molecule has 1 unspecified atom stereocenters. The summed E-state index contributed by atoms with van der Waals surface area (Å²) in [5.41, 5.74) is -0.101. The Morgan fingerprint density at radius 3 is 2.85 bits per heavy atom. The van der Waals surface area contributed by atoms with Gasteiger partial charge in [-0.25, -0.2) is 17.8 Å². The summed E-state index contributed by atoms with van der Waals surface area (Å²) in [6.07, 6.45) is 1.34. The first-order valence-corrected chi connectivity index (χ1v) is 8.01. The van der Waals surface area contributed by atoms with Gasteiger partial charge in [-0.15, -0.1) is 0 Å². The Morgan fingerprint density at radius 1 is 1.55 bits per heavy atom. The van der Waals surface area contributed by atoms with Crippen LogP contribution in [-0.2, 0) is 9.84 Å². The van der Waals surface area contributed by atoms with Gasteiger partial charge in [0.15, 0.2) is 21.5 Å². The molecule has 0 aromatic carbocycles. The predicted molar refractivity (Wildman–Crippen MR) is 72.9 cm³/mol. The van der Waals surface area contributed by atoms with E-state index in [1.54, 1.807) is 6.92 Å². The maximum atomic E-state index is 14.1. The van der Waals surface area contributed by atoms with Crippen LogP contribution in [0.3, 0.4) is 0 Å². The van der Waals surface area contributed by atoms with E-state index in [9.17, 15) is 17.6 Å². The molecule has 1 aliphatic heterocycles. The van der Waals surface area contributed by atoms with Crippen LogP contribution < -0.4 is 5.32 Å². The zero-order valence-corrected chi connectivity index (χ0v) is 12.1. The van der Waals surface area contributed by atoms with E-state index in [4.69, 9.17) is 0 Å². The van der Waals surface area contributed by atoms with Gasteiger partial charge in [0.2, 0.25) is 0 Å². The summed E-state index contributed by atoms with van der Waals surface area (Å²) in [5, 5.41) is 2.57. The number of nitrogens with zero attached hydrogens (tertiary/aromatic N) is 2. The molecule has 0 saturated carbocycles. The van der Waals surface area contributed by atoms with Crippen molar-refractivity contribution in [3.05, 3.63) is 23.6 Å². The minimum atomic E-state index is -3.12. The summed E-state index contributed by atoms with van der Waals surface area (Å²) in [6, 6.07) is 0.834. The third kappa shape index (κ3) is 2.74. The summed E-state index contributed by atoms with van der Waals surface area (Å²) >= 11 is 0. The molecule has 1 aromatic rings. The lowest BCUT2D eigenvalue weighted by Gasteiger charge is -2.33. The highest BCUT2D eigenvalue weighted by Crippen LogP contribution is 2.20. The van der Waals surface area contributed by atoms with Gasteiger partial charge in [0.05, 0.1) is 17.1 Å². The van der Waals surface area contributed by atoms with Crippen LogP contribution in [0.25, 0.3) is 0 Å². The zero-order valence-electron chi connectivity index (χ0n) is 11.3. The second-order valence-corrected chi connectivity index (χ2v) is 6.96. The largest absolute Gasteiger partial charge is 0.371 e. The van der Waals surface area contributed by atoms with Gasteiger partial charge in [-0.1, -0.05) is 0 Å². The van der Waals surface area contributed by atoms with Crippen LogP contribution in [0.1, 0.15) is 17.3 Å². The lowest BCUT2D eigenvalue weighted by Crippen LogP contribution is -2.49. The van der Waals surface area contributed by atoms with Crippen LogP contribution in [0.15, 0.2) is 12.3 Å². The highest BCUT2D eigenvalue weighted by atomic mass is 32.2. The molecule has 1 amide bonds. The highest BCUT2D eigenvalue weighted by Gasteiger charge is 2.33. The molecule has 1 aromatic heterocycles. The maximum absolute atomic E-state index is 14.1. The van der Waals surface area contributed by atoms with E-state index >= 15 is 0 Å². The van der Waals surface area contributed by atoms with Crippen molar-refractivity contribution in [1.82, 2.24) is 9.88 Å². The molecule has 1 atom stereocenters. The third-order valence-corrected chi connectivity index (χ3v) is 5.08. The first-order valence-electron chi connectivity index (χ1n) is 6.19. The summed E-state index contributed by atoms with van der Waals surface area (Å²) in [7, 11) is -1.61. The summed E-state index contributed by atoms with van der Waals surface area (Å²) in [5.74, 6) is -1.42. The van der Waals surface area contributed by atoms with Crippen molar-refractivity contribution in [3.8, 4) is 0 Å². The highest BCUT2D eigenvalue weighted by molar-refractivity contribution is 7.91. The molecule has 6 nitrogen and oxygen atoms in total. The monoisotopic (exact) mass is 301 g/mol. The van der Waals surface area contributed by atoms with Crippen LogP contribution in [0.4, 0.5) is 10.2 Å². The molecular weight excluding hydrogens is 285 g/mol. The molecule has 1 aliphatic rings. The second kappa shape index (κ2) is 5.35. The van der Waals surface area contributed by atoms with Crippen LogP contribution in [0, 0.1) is 5.82 Å². The number of hydrogen-bond acceptors (Lipinski definition) is 5. The maximum Gasteiger partial charge on any atom is 0.257 e. The SMILES string of the molecule is CNc1nccc(C(=O)N2CCS(=O)(=O)CC2C)c1F. The molecule has 20 heavy (non-hydrogen) atoms. The van der Waals surface area contributed by atoms with Crippen LogP contribution in [0.5, 0.6) is 0 Å². The first-order chi connectivity index (χ1) is 9.35. The average molecular weight is 301 g/mol. The number of nitrogens with one attached hydrogen (secondary N) is 1. The fourth-order valence-corrected chi connectivity index (χ4v) is 3.79. The Balaban J connectivity index is 2.29. The third-order valence-electron chi connectivity index (χ3n) is 3.29. The molecule has 1 saturated heterocycles. The van der Waals surface area contributed by atoms with Gasteiger partial charge in [-0.3, -0.25) is 4.79 Å². The number of carbonyl (C=O) groups excluding carboxylic acids is 1. The normalized spacial score (nSPS) is 21.6. The van der Waals surface area contributed by atoms with Crippen molar-refractivity contribution < 1.29 is 17.6 Å². The van der Waals surface area contributed by atoms with E-state index in [1.165, 1.54) is 24.2 Å². The number of carbonyl (C=O) groups is 1. The summed E-state index contributed by atoms with van der Waals surface area (Å²) in [6.45, 7) is 1.73. The molecule has 0 bridgehead atoms. The Labute approximate surface area is 116 Å². The Hall–Kier alpha value is -1.70. The fourth-order valence-electron chi connectivity index (χ4n) is 2.24. The van der Waals surface area contributed by atoms with E-state index in [0.29, 0.717) is 0 Å². The molecule has 1 fully saturated rings. The van der Waals surface area contributed by atoms with E-state index in [2.05, 4.69) is 10.3 Å². The lowest BCUT2D eigenvalue weighted by atomic mass is 10.2. The van der Waals surface area contributed by atoms with Crippen molar-refractivity contribution in [2.45, 2.75) is 13.0 Å². The number of amides is 1. The summed E-state index contributed by atoms with van der Waals surface area (Å²) in [4.78, 5) is 17.5. The minimum Gasteiger partial charge on any atom is -0.371 e. The average Bonchev–Trinajstić information content (AvgIpc) is 2.37. The number of halogens is 1. The topological polar surface area (TPSA) is 79.4 Å². The molecule has 8 heteroatoms. The number of aromatic nitrogens is 1. The second-order valence-electron chi connectivity index (χ2n) is 4.73. The van der Waals surface area contributed by atoms with Gasteiger partial charge < -0.3 is 10.2 Å². The van der Waals surface area contributed by atoms with Gasteiger partial charge in [0, 0.05) is 25.8 Å². The molecule has 110 valence electrons. The fraction of sp³-hybridized carbons (Fsp3) is 0.500. The Kier molecular flexibility index (Phi) is 3.94. The molecule has 0 spiro atoms. The summed E-state index contributed by atoms with van der Waals surface area (Å²) < 4.78 is 37.1. The smallest absolute Gasteiger partial charge is 0.257 e. The van der Waals surface area contributed by atoms with Crippen molar-refractivity contribution in [2.75, 3.05) is 30.4 Å². The van der Waals surface area contributed by atoms with Gasteiger partial charge in [-0.2, -0.15) is 0 Å². The van der Waals surface area contributed by atoms with Crippen molar-refractivity contribution in [1.29, 1.82) is 0 Å². The number of rotatable bonds is 2. The molecular formula is C12H16FN3O3S. The molecule has 2 rings (SSSR count). The van der Waals surface area contributed by atoms with Gasteiger partial charge >= 0.3 is 0 Å². The van der Waals surface area contributed by atoms with Crippen molar-refractivity contribution in [2.24, 2.45) is 0 Å². The predicted octanol–water partition coefficient (Wildman–Crippen LogP) is 0.522. The van der Waals surface area contributed by atoms with Crippen LogP contribution in [0.2, 0.25) is 0 Å². The van der Waals surface area contributed by atoms with Gasteiger partial charge in [-0.05, 0) is 13.0 Å². The molecule has 2 heterocycles. The van der Waals surface area contributed by atoms with E-state index in [-0.39, 0.29) is 29.4 Å². The zero-order chi connectivity index (χ0) is 14.9. The Morgan fingerprint density at radius 2 is 2.25 bits per heavy atom. The molecule has 0 aliphatic carbocycles. The lowest BCUT2D eigenvalue weighted by molar-refractivity contribution is 0.0708. The van der Waals surface area contributed by atoms with Gasteiger partial charge in [0.1, 0.15) is 0 Å². The van der Waals surface area contributed by atoms with E-state index < -0.39 is 27.6 Å². The number of sulfone groups is 1. The number of pyridine rings is 1. The molecule has 1 N–H and O–H groups in total. The van der Waals surface area contributed by atoms with Gasteiger partial charge in [0.25, 0.3) is 5.91 Å². The molecule has 0 radical (unpaired) electrons. The standard InChI is InChI=1S/C12H16FN3O3S/c1-8-7-20(18,19)6-5-16(8)12(17)9-3-4-15-11(14-2)10(9)13/h3-4,8H,5-7H2,1-2H3,(H,14,15). The minimum absolute atomic E-state index is 0.00636. The van der Waals surface area contributed by atoms with Crippen LogP contribution in [-0.4, -0.2) is 55.3 Å². The van der Waals surface area contributed by atoms with Crippen molar-refractivity contribution >= 4 is 21.6 Å².